The van der Waals surface area contributed by atoms with Gasteiger partial charge in [-0.25, -0.2) is 9.07 Å². The highest BCUT2D eigenvalue weighted by molar-refractivity contribution is 5.83. The molecule has 7 heteroatoms. The van der Waals surface area contributed by atoms with Crippen molar-refractivity contribution in [2.24, 2.45) is 0 Å². The van der Waals surface area contributed by atoms with Crippen molar-refractivity contribution in [2.75, 3.05) is 0 Å². The van der Waals surface area contributed by atoms with Gasteiger partial charge in [0.1, 0.15) is 5.82 Å². The lowest BCUT2D eigenvalue weighted by molar-refractivity contribution is -0.154. The van der Waals surface area contributed by atoms with Crippen LogP contribution in [0.2, 0.25) is 0 Å². The predicted molar refractivity (Wildman–Crippen MR) is 106 cm³/mol. The molecule has 150 valence electrons. The number of rotatable bonds is 8. The Morgan fingerprint density at radius 3 is 2.55 bits per heavy atom. The summed E-state index contributed by atoms with van der Waals surface area (Å²) in [5.41, 5.74) is 2.60. The van der Waals surface area contributed by atoms with Crippen LogP contribution in [-0.4, -0.2) is 27.8 Å². The average molecular weight is 395 g/mol. The molecule has 1 aromatic heterocycles. The maximum Gasteiger partial charge on any atom is 0.306 e. The standard InChI is InChI=1S/C22H22FN3O3/c1-16(22(28)24-13-17-7-10-19(23)11-8-17)29-21(27)12-9-18-14-25-26(15-18)20-5-3-2-4-6-20/h2-8,10-11,14-16H,9,12-13H2,1H3,(H,24,28). The summed E-state index contributed by atoms with van der Waals surface area (Å²) in [4.78, 5) is 24.1. The Labute approximate surface area is 168 Å². The van der Waals surface area contributed by atoms with E-state index in [9.17, 15) is 14.0 Å². The number of carbonyl (C=O) groups is 2. The van der Waals surface area contributed by atoms with E-state index in [1.54, 1.807) is 23.0 Å². The molecule has 0 radical (unpaired) electrons. The highest BCUT2D eigenvalue weighted by atomic mass is 19.1. The number of esters is 1. The normalized spacial score (nSPS) is 11.7. The van der Waals surface area contributed by atoms with Crippen molar-refractivity contribution in [3.8, 4) is 5.69 Å². The van der Waals surface area contributed by atoms with E-state index < -0.39 is 18.0 Å². The van der Waals surface area contributed by atoms with E-state index in [0.717, 1.165) is 16.8 Å². The van der Waals surface area contributed by atoms with Crippen LogP contribution < -0.4 is 5.32 Å². The highest BCUT2D eigenvalue weighted by Crippen LogP contribution is 2.10. The number of hydrogen-bond donors (Lipinski definition) is 1. The summed E-state index contributed by atoms with van der Waals surface area (Å²) < 4.78 is 19.8. The van der Waals surface area contributed by atoms with Crippen LogP contribution in [0.4, 0.5) is 4.39 Å². The fourth-order valence-corrected chi connectivity index (χ4v) is 2.70. The van der Waals surface area contributed by atoms with Crippen molar-refractivity contribution in [1.82, 2.24) is 15.1 Å². The zero-order chi connectivity index (χ0) is 20.6. The third-order valence-electron chi connectivity index (χ3n) is 4.33. The topological polar surface area (TPSA) is 73.2 Å². The molecule has 0 saturated heterocycles. The molecular weight excluding hydrogens is 373 g/mol. The maximum atomic E-state index is 12.9. The van der Waals surface area contributed by atoms with Crippen LogP contribution in [0.1, 0.15) is 24.5 Å². The van der Waals surface area contributed by atoms with Crippen LogP contribution in [0.5, 0.6) is 0 Å². The van der Waals surface area contributed by atoms with Gasteiger partial charge in [-0.3, -0.25) is 9.59 Å². The molecule has 6 nitrogen and oxygen atoms in total. The number of aryl methyl sites for hydroxylation is 1. The number of nitrogens with one attached hydrogen (secondary N) is 1. The van der Waals surface area contributed by atoms with Gasteiger partial charge in [0.2, 0.25) is 0 Å². The minimum absolute atomic E-state index is 0.149. The molecule has 3 aromatic rings. The molecule has 0 aliphatic heterocycles. The summed E-state index contributed by atoms with van der Waals surface area (Å²) in [6, 6.07) is 15.5. The smallest absolute Gasteiger partial charge is 0.306 e. The molecule has 0 aliphatic carbocycles. The van der Waals surface area contributed by atoms with Gasteiger partial charge in [0.15, 0.2) is 6.10 Å². The van der Waals surface area contributed by atoms with Crippen LogP contribution >= 0.6 is 0 Å². The van der Waals surface area contributed by atoms with Crippen molar-refractivity contribution < 1.29 is 18.7 Å². The minimum Gasteiger partial charge on any atom is -0.453 e. The van der Waals surface area contributed by atoms with Crippen LogP contribution in [0, 0.1) is 5.82 Å². The lowest BCUT2D eigenvalue weighted by Crippen LogP contribution is -2.35. The molecule has 29 heavy (non-hydrogen) atoms. The summed E-state index contributed by atoms with van der Waals surface area (Å²) in [5.74, 6) is -1.20. The first-order valence-electron chi connectivity index (χ1n) is 9.32. The fraction of sp³-hybridized carbons (Fsp3) is 0.227. The summed E-state index contributed by atoms with van der Waals surface area (Å²) in [5, 5.41) is 6.96. The second kappa shape index (κ2) is 9.64. The van der Waals surface area contributed by atoms with E-state index >= 15 is 0 Å². The molecule has 1 unspecified atom stereocenters. The van der Waals surface area contributed by atoms with Gasteiger partial charge in [-0.05, 0) is 48.7 Å². The highest BCUT2D eigenvalue weighted by Gasteiger charge is 2.17. The van der Waals surface area contributed by atoms with Gasteiger partial charge >= 0.3 is 5.97 Å². The molecule has 3 rings (SSSR count). The molecule has 0 fully saturated rings. The Bertz CT molecular complexity index is 955. The molecule has 0 bridgehead atoms. The van der Waals surface area contributed by atoms with Gasteiger partial charge in [-0.2, -0.15) is 5.10 Å². The lowest BCUT2D eigenvalue weighted by Gasteiger charge is -2.13. The summed E-state index contributed by atoms with van der Waals surface area (Å²) in [7, 11) is 0. The van der Waals surface area contributed by atoms with Crippen LogP contribution in [0.3, 0.4) is 0 Å². The van der Waals surface area contributed by atoms with Gasteiger partial charge in [-0.1, -0.05) is 30.3 Å². The molecule has 1 atom stereocenters. The number of para-hydroxylation sites is 1. The number of halogens is 1. The minimum atomic E-state index is -0.907. The lowest BCUT2D eigenvalue weighted by atomic mass is 10.2. The first-order chi connectivity index (χ1) is 14.0. The van der Waals surface area contributed by atoms with Gasteiger partial charge in [0.25, 0.3) is 5.91 Å². The average Bonchev–Trinajstić information content (AvgIpc) is 3.21. The largest absolute Gasteiger partial charge is 0.453 e. The number of nitrogens with zero attached hydrogens (tertiary/aromatic N) is 2. The summed E-state index contributed by atoms with van der Waals surface area (Å²) in [6.45, 7) is 1.75. The maximum absolute atomic E-state index is 12.9. The Balaban J connectivity index is 1.42. The Morgan fingerprint density at radius 2 is 1.83 bits per heavy atom. The van der Waals surface area contributed by atoms with E-state index in [1.165, 1.54) is 19.1 Å². The summed E-state index contributed by atoms with van der Waals surface area (Å²) >= 11 is 0. The number of ether oxygens (including phenoxy) is 1. The number of amides is 1. The number of hydrogen-bond acceptors (Lipinski definition) is 4. The second-order valence-corrected chi connectivity index (χ2v) is 6.61. The zero-order valence-electron chi connectivity index (χ0n) is 16.0. The molecule has 0 spiro atoms. The van der Waals surface area contributed by atoms with E-state index in [4.69, 9.17) is 4.74 Å². The Morgan fingerprint density at radius 1 is 1.10 bits per heavy atom. The quantitative estimate of drug-likeness (QED) is 0.595. The van der Waals surface area contributed by atoms with Crippen molar-refractivity contribution in [3.05, 3.63) is 83.9 Å². The molecule has 1 amide bonds. The van der Waals surface area contributed by atoms with Crippen molar-refractivity contribution >= 4 is 11.9 Å². The van der Waals surface area contributed by atoms with E-state index in [-0.39, 0.29) is 18.8 Å². The third-order valence-corrected chi connectivity index (χ3v) is 4.33. The van der Waals surface area contributed by atoms with E-state index in [2.05, 4.69) is 10.4 Å². The number of benzene rings is 2. The van der Waals surface area contributed by atoms with Gasteiger partial charge in [0.05, 0.1) is 11.9 Å². The van der Waals surface area contributed by atoms with Crippen molar-refractivity contribution in [2.45, 2.75) is 32.4 Å². The molecule has 0 saturated carbocycles. The first-order valence-corrected chi connectivity index (χ1v) is 9.32. The molecule has 1 heterocycles. The van der Waals surface area contributed by atoms with Gasteiger partial charge in [0, 0.05) is 19.2 Å². The molecule has 0 aliphatic rings. The van der Waals surface area contributed by atoms with Crippen LogP contribution in [-0.2, 0) is 27.3 Å². The summed E-state index contributed by atoms with van der Waals surface area (Å²) in [6.07, 6.45) is 3.28. The van der Waals surface area contributed by atoms with Crippen molar-refractivity contribution in [1.29, 1.82) is 0 Å². The Hall–Kier alpha value is -3.48. The number of carbonyl (C=O) groups excluding carboxylic acids is 2. The Kier molecular flexibility index (Phi) is 6.73. The molecular formula is C22H22FN3O3. The molecule has 1 N–H and O–H groups in total. The fourth-order valence-electron chi connectivity index (χ4n) is 2.70. The third kappa shape index (κ3) is 6.00. The molecule has 2 aromatic carbocycles. The zero-order valence-corrected chi connectivity index (χ0v) is 16.0. The second-order valence-electron chi connectivity index (χ2n) is 6.61. The number of aromatic nitrogens is 2. The van der Waals surface area contributed by atoms with Gasteiger partial charge < -0.3 is 10.1 Å². The van der Waals surface area contributed by atoms with Gasteiger partial charge in [-0.15, -0.1) is 0 Å². The monoisotopic (exact) mass is 395 g/mol. The SMILES string of the molecule is CC(OC(=O)CCc1cnn(-c2ccccc2)c1)C(=O)NCc1ccc(F)cc1. The van der Waals surface area contributed by atoms with Crippen LogP contribution in [0.25, 0.3) is 5.69 Å². The van der Waals surface area contributed by atoms with E-state index in [0.29, 0.717) is 6.42 Å². The predicted octanol–water partition coefficient (Wildman–Crippen LogP) is 3.19. The van der Waals surface area contributed by atoms with E-state index in [1.807, 2.05) is 36.5 Å². The van der Waals surface area contributed by atoms with Crippen molar-refractivity contribution in [3.63, 3.8) is 0 Å². The first kappa shape index (κ1) is 20.3. The van der Waals surface area contributed by atoms with Crippen LogP contribution in [0.15, 0.2) is 67.0 Å².